The van der Waals surface area contributed by atoms with Crippen LogP contribution >= 0.6 is 0 Å². The summed E-state index contributed by atoms with van der Waals surface area (Å²) in [6.07, 6.45) is 53.4. The number of rotatable bonds is 41. The zero-order valence-corrected chi connectivity index (χ0v) is 36.6. The largest absolute Gasteiger partial charge is 0.462 e. The van der Waals surface area contributed by atoms with E-state index < -0.39 is 6.10 Å². The molecule has 0 heterocycles. The molecule has 0 aliphatic carbocycles. The van der Waals surface area contributed by atoms with Crippen molar-refractivity contribution in [3.8, 4) is 0 Å². The van der Waals surface area contributed by atoms with Crippen LogP contribution in [0.3, 0.4) is 0 Å². The highest BCUT2D eigenvalue weighted by molar-refractivity contribution is 5.71. The topological polar surface area (TPSA) is 78.9 Å². The van der Waals surface area contributed by atoms with Gasteiger partial charge in [-0.2, -0.15) is 0 Å². The first-order chi connectivity index (χ1) is 27.5. The third kappa shape index (κ3) is 42.3. The molecule has 0 N–H and O–H groups in total. The molecule has 0 saturated carbocycles. The molecule has 0 radical (unpaired) electrons. The molecule has 0 aromatic heterocycles. The molecular weight excluding hydrogens is 697 g/mol. The second-order valence-corrected chi connectivity index (χ2v) is 15.4. The molecule has 1 unspecified atom stereocenters. The Balaban J connectivity index is 4.44. The molecule has 0 aliphatic rings. The highest BCUT2D eigenvalue weighted by Crippen LogP contribution is 2.15. The summed E-state index contributed by atoms with van der Waals surface area (Å²) < 4.78 is 16.7. The van der Waals surface area contributed by atoms with Gasteiger partial charge in [-0.3, -0.25) is 14.4 Å². The molecule has 0 bridgehead atoms. The Morgan fingerprint density at radius 2 is 0.732 bits per heavy atom. The molecule has 56 heavy (non-hydrogen) atoms. The van der Waals surface area contributed by atoms with Crippen molar-refractivity contribution >= 4 is 17.9 Å². The van der Waals surface area contributed by atoms with Crippen molar-refractivity contribution in [1.29, 1.82) is 0 Å². The third-order valence-corrected chi connectivity index (χ3v) is 9.85. The maximum Gasteiger partial charge on any atom is 0.306 e. The van der Waals surface area contributed by atoms with Crippen molar-refractivity contribution in [2.45, 2.75) is 226 Å². The van der Waals surface area contributed by atoms with Crippen LogP contribution < -0.4 is 0 Å². The van der Waals surface area contributed by atoms with Crippen LogP contribution in [-0.2, 0) is 28.6 Å². The normalized spacial score (nSPS) is 12.6. The molecule has 0 amide bonds. The molecule has 0 aromatic carbocycles. The Morgan fingerprint density at radius 1 is 0.375 bits per heavy atom. The van der Waals surface area contributed by atoms with Gasteiger partial charge in [0.15, 0.2) is 6.10 Å². The minimum Gasteiger partial charge on any atom is -0.462 e. The summed E-state index contributed by atoms with van der Waals surface area (Å²) in [4.78, 5) is 37.7. The Hall–Kier alpha value is -2.89. The van der Waals surface area contributed by atoms with Gasteiger partial charge >= 0.3 is 17.9 Å². The second-order valence-electron chi connectivity index (χ2n) is 15.4. The van der Waals surface area contributed by atoms with E-state index in [0.29, 0.717) is 12.8 Å². The Bertz CT molecular complexity index is 1040. The average Bonchev–Trinajstić information content (AvgIpc) is 3.19. The molecule has 0 saturated heterocycles. The van der Waals surface area contributed by atoms with E-state index in [1.54, 1.807) is 0 Å². The van der Waals surface area contributed by atoms with Gasteiger partial charge in [0.2, 0.25) is 0 Å². The minimum atomic E-state index is -0.793. The molecular formula is C50H86O6. The highest BCUT2D eigenvalue weighted by atomic mass is 16.6. The lowest BCUT2D eigenvalue weighted by atomic mass is 10.0. The van der Waals surface area contributed by atoms with Gasteiger partial charge in [0, 0.05) is 19.3 Å². The Labute approximate surface area is 345 Å². The van der Waals surface area contributed by atoms with Gasteiger partial charge in [-0.25, -0.2) is 0 Å². The van der Waals surface area contributed by atoms with Gasteiger partial charge in [-0.15, -0.1) is 0 Å². The van der Waals surface area contributed by atoms with Crippen LogP contribution in [0.1, 0.15) is 220 Å². The van der Waals surface area contributed by atoms with Crippen LogP contribution in [0.2, 0.25) is 0 Å². The van der Waals surface area contributed by atoms with Crippen molar-refractivity contribution in [3.05, 3.63) is 60.8 Å². The molecule has 0 fully saturated rings. The average molecular weight is 783 g/mol. The van der Waals surface area contributed by atoms with Gasteiger partial charge in [-0.05, 0) is 57.8 Å². The van der Waals surface area contributed by atoms with E-state index in [1.165, 1.54) is 103 Å². The summed E-state index contributed by atoms with van der Waals surface area (Å²) in [5.74, 6) is -0.942. The van der Waals surface area contributed by atoms with E-state index in [-0.39, 0.29) is 37.5 Å². The highest BCUT2D eigenvalue weighted by Gasteiger charge is 2.19. The second kappa shape index (κ2) is 44.8. The summed E-state index contributed by atoms with van der Waals surface area (Å²) >= 11 is 0. The lowest BCUT2D eigenvalue weighted by Crippen LogP contribution is -2.30. The van der Waals surface area contributed by atoms with Crippen LogP contribution in [0.25, 0.3) is 0 Å². The maximum atomic E-state index is 12.7. The Morgan fingerprint density at radius 3 is 1.21 bits per heavy atom. The van der Waals surface area contributed by atoms with E-state index in [0.717, 1.165) is 77.0 Å². The number of esters is 3. The van der Waals surface area contributed by atoms with Gasteiger partial charge in [0.1, 0.15) is 13.2 Å². The van der Waals surface area contributed by atoms with Crippen LogP contribution in [-0.4, -0.2) is 37.2 Å². The fourth-order valence-corrected chi connectivity index (χ4v) is 6.31. The summed E-state index contributed by atoms with van der Waals surface area (Å²) in [6.45, 7) is 6.41. The molecule has 1 atom stereocenters. The summed E-state index contributed by atoms with van der Waals surface area (Å²) in [6, 6.07) is 0. The SMILES string of the molecule is CC\C=C/C=C\C=C/C=C\CCCCCC(=O)OC(COC(=O)CCCCCCC/C=C\CCCC)COC(=O)CCCCCCCCCCCCCCCC. The van der Waals surface area contributed by atoms with E-state index >= 15 is 0 Å². The fourth-order valence-electron chi connectivity index (χ4n) is 6.31. The first-order valence-electron chi connectivity index (χ1n) is 23.3. The van der Waals surface area contributed by atoms with Crippen molar-refractivity contribution in [1.82, 2.24) is 0 Å². The number of unbranched alkanes of at least 4 members (excludes halogenated alkanes) is 23. The number of carbonyl (C=O) groups excluding carboxylic acids is 3. The van der Waals surface area contributed by atoms with E-state index in [2.05, 4.69) is 45.1 Å². The van der Waals surface area contributed by atoms with Gasteiger partial charge < -0.3 is 14.2 Å². The number of allylic oxidation sites excluding steroid dienone is 10. The van der Waals surface area contributed by atoms with E-state index in [9.17, 15) is 14.4 Å². The Kier molecular flexibility index (Phi) is 42.5. The number of hydrogen-bond acceptors (Lipinski definition) is 6. The fraction of sp³-hybridized carbons (Fsp3) is 0.740. The first-order valence-corrected chi connectivity index (χ1v) is 23.3. The van der Waals surface area contributed by atoms with E-state index in [4.69, 9.17) is 14.2 Å². The standard InChI is InChI=1S/C50H86O6/c1-4-7-10-13-16-19-22-24-26-28-31-34-37-40-43-49(52)55-46-47(45-54-48(51)42-39-36-33-30-27-21-18-15-12-9-6-3)56-50(53)44-41-38-35-32-29-25-23-20-17-14-11-8-5-2/h8,11,14-15,17-18,20,23,25,29,47H,4-7,9-10,12-13,16,19,21-22,24,26-28,30-46H2,1-3H3/b11-8-,17-14-,18-15-,23-20-,29-25-. The van der Waals surface area contributed by atoms with Crippen molar-refractivity contribution in [2.75, 3.05) is 13.2 Å². The number of ether oxygens (including phenoxy) is 3. The lowest BCUT2D eigenvalue weighted by molar-refractivity contribution is -0.167. The molecule has 0 spiro atoms. The van der Waals surface area contributed by atoms with Gasteiger partial charge in [0.05, 0.1) is 0 Å². The molecule has 0 aliphatic heterocycles. The van der Waals surface area contributed by atoms with Gasteiger partial charge in [-0.1, -0.05) is 204 Å². The summed E-state index contributed by atoms with van der Waals surface area (Å²) in [7, 11) is 0. The van der Waals surface area contributed by atoms with Crippen molar-refractivity contribution in [3.63, 3.8) is 0 Å². The van der Waals surface area contributed by atoms with Crippen LogP contribution in [0.5, 0.6) is 0 Å². The molecule has 6 nitrogen and oxygen atoms in total. The van der Waals surface area contributed by atoms with Crippen molar-refractivity contribution < 1.29 is 28.6 Å². The van der Waals surface area contributed by atoms with Crippen molar-refractivity contribution in [2.24, 2.45) is 0 Å². The van der Waals surface area contributed by atoms with Crippen LogP contribution in [0.15, 0.2) is 60.8 Å². The number of carbonyl (C=O) groups is 3. The zero-order valence-electron chi connectivity index (χ0n) is 36.6. The molecule has 322 valence electrons. The van der Waals surface area contributed by atoms with Gasteiger partial charge in [0.25, 0.3) is 0 Å². The third-order valence-electron chi connectivity index (χ3n) is 9.85. The first kappa shape index (κ1) is 53.1. The smallest absolute Gasteiger partial charge is 0.306 e. The monoisotopic (exact) mass is 783 g/mol. The molecule has 6 heteroatoms. The summed E-state index contributed by atoms with van der Waals surface area (Å²) in [5, 5.41) is 0. The predicted octanol–water partition coefficient (Wildman–Crippen LogP) is 14.9. The zero-order chi connectivity index (χ0) is 40.8. The van der Waals surface area contributed by atoms with E-state index in [1.807, 2.05) is 36.5 Å². The molecule has 0 aromatic rings. The minimum absolute atomic E-state index is 0.0915. The lowest BCUT2D eigenvalue weighted by Gasteiger charge is -2.18. The quantitative estimate of drug-likeness (QED) is 0.0202. The van der Waals surface area contributed by atoms with Crippen LogP contribution in [0, 0.1) is 0 Å². The molecule has 0 rings (SSSR count). The summed E-state index contributed by atoms with van der Waals surface area (Å²) in [5.41, 5.74) is 0. The number of hydrogen-bond donors (Lipinski definition) is 0. The van der Waals surface area contributed by atoms with Crippen LogP contribution in [0.4, 0.5) is 0 Å². The maximum absolute atomic E-state index is 12.7. The predicted molar refractivity (Wildman–Crippen MR) is 238 cm³/mol.